The normalized spacial score (nSPS) is 11.1. The third-order valence-electron chi connectivity index (χ3n) is 3.14. The zero-order chi connectivity index (χ0) is 17.7. The molecule has 2 aromatic rings. The molecule has 8 heteroatoms. The van der Waals surface area contributed by atoms with E-state index >= 15 is 0 Å². The van der Waals surface area contributed by atoms with Crippen molar-refractivity contribution in [2.24, 2.45) is 0 Å². The number of carbonyl (C=O) groups excluding carboxylic acids is 1. The Labute approximate surface area is 138 Å². The van der Waals surface area contributed by atoms with Gasteiger partial charge in [0, 0.05) is 18.2 Å². The topological polar surface area (TPSA) is 75.3 Å². The van der Waals surface area contributed by atoms with Crippen molar-refractivity contribution in [3.63, 3.8) is 0 Å². The molecule has 24 heavy (non-hydrogen) atoms. The molecule has 0 bridgehead atoms. The van der Waals surface area contributed by atoms with Gasteiger partial charge in [0.1, 0.15) is 11.6 Å². The van der Waals surface area contributed by atoms with Gasteiger partial charge in [0.2, 0.25) is 0 Å². The van der Waals surface area contributed by atoms with E-state index in [1.165, 1.54) is 24.3 Å². The molecule has 0 aliphatic heterocycles. The lowest BCUT2D eigenvalue weighted by atomic mass is 10.2. The van der Waals surface area contributed by atoms with Crippen molar-refractivity contribution >= 4 is 21.6 Å². The van der Waals surface area contributed by atoms with Gasteiger partial charge < -0.3 is 5.32 Å². The van der Waals surface area contributed by atoms with Crippen LogP contribution in [-0.2, 0) is 10.0 Å². The van der Waals surface area contributed by atoms with Crippen LogP contribution in [0.5, 0.6) is 0 Å². The number of carbonyl (C=O) groups is 1. The number of anilines is 1. The predicted octanol–water partition coefficient (Wildman–Crippen LogP) is 2.91. The molecule has 128 valence electrons. The smallest absolute Gasteiger partial charge is 0.261 e. The quantitative estimate of drug-likeness (QED) is 0.838. The van der Waals surface area contributed by atoms with E-state index in [1.807, 2.05) is 11.6 Å². The first-order chi connectivity index (χ1) is 11.3. The monoisotopic (exact) mass is 354 g/mol. The van der Waals surface area contributed by atoms with E-state index in [0.29, 0.717) is 18.2 Å². The Morgan fingerprint density at radius 3 is 2.33 bits per heavy atom. The standard InChI is InChI=1S/C16H16F2N2O3S/c1-2-9-19-16(21)11-3-6-13(7-4-11)24(22,23)20-15-8-5-12(17)10-14(15)18/h3-8,10,20H,2,9H2,1H3,(H,19,21). The van der Waals surface area contributed by atoms with Crippen LogP contribution in [0.1, 0.15) is 23.7 Å². The van der Waals surface area contributed by atoms with Gasteiger partial charge in [0.05, 0.1) is 10.6 Å². The van der Waals surface area contributed by atoms with Crippen LogP contribution in [0, 0.1) is 11.6 Å². The van der Waals surface area contributed by atoms with Crippen molar-refractivity contribution in [1.82, 2.24) is 5.32 Å². The molecular weight excluding hydrogens is 338 g/mol. The van der Waals surface area contributed by atoms with E-state index in [1.54, 1.807) is 0 Å². The highest BCUT2D eigenvalue weighted by molar-refractivity contribution is 7.92. The molecule has 0 atom stereocenters. The number of benzene rings is 2. The minimum atomic E-state index is -4.05. The van der Waals surface area contributed by atoms with Gasteiger partial charge in [-0.05, 0) is 42.8 Å². The van der Waals surface area contributed by atoms with E-state index in [4.69, 9.17) is 0 Å². The summed E-state index contributed by atoms with van der Waals surface area (Å²) < 4.78 is 52.9. The second kappa shape index (κ2) is 7.39. The first-order valence-corrected chi connectivity index (χ1v) is 8.68. The predicted molar refractivity (Wildman–Crippen MR) is 86.2 cm³/mol. The van der Waals surface area contributed by atoms with Crippen LogP contribution < -0.4 is 10.0 Å². The molecule has 2 rings (SSSR count). The van der Waals surface area contributed by atoms with Crippen molar-refractivity contribution in [3.8, 4) is 0 Å². The highest BCUT2D eigenvalue weighted by Gasteiger charge is 2.17. The molecule has 0 heterocycles. The second-order valence-electron chi connectivity index (χ2n) is 5.01. The van der Waals surface area contributed by atoms with E-state index in [2.05, 4.69) is 5.32 Å². The van der Waals surface area contributed by atoms with Crippen LogP contribution in [0.15, 0.2) is 47.4 Å². The highest BCUT2D eigenvalue weighted by atomic mass is 32.2. The molecule has 0 saturated carbocycles. The van der Waals surface area contributed by atoms with Gasteiger partial charge in [-0.15, -0.1) is 0 Å². The van der Waals surface area contributed by atoms with Crippen molar-refractivity contribution in [3.05, 3.63) is 59.7 Å². The average molecular weight is 354 g/mol. The molecular formula is C16H16F2N2O3S. The summed E-state index contributed by atoms with van der Waals surface area (Å²) in [6.07, 6.45) is 0.783. The fourth-order valence-corrected chi connectivity index (χ4v) is 2.97. The van der Waals surface area contributed by atoms with E-state index in [-0.39, 0.29) is 16.5 Å². The first kappa shape index (κ1) is 17.9. The van der Waals surface area contributed by atoms with E-state index in [0.717, 1.165) is 18.6 Å². The van der Waals surface area contributed by atoms with Crippen LogP contribution in [0.4, 0.5) is 14.5 Å². The van der Waals surface area contributed by atoms with Gasteiger partial charge in [0.25, 0.3) is 15.9 Å². The largest absolute Gasteiger partial charge is 0.352 e. The molecule has 2 N–H and O–H groups in total. The molecule has 0 saturated heterocycles. The summed E-state index contributed by atoms with van der Waals surface area (Å²) in [5, 5.41) is 2.67. The molecule has 0 radical (unpaired) electrons. The van der Waals surface area contributed by atoms with E-state index < -0.39 is 21.7 Å². The van der Waals surface area contributed by atoms with Crippen LogP contribution in [0.2, 0.25) is 0 Å². The van der Waals surface area contributed by atoms with Crippen LogP contribution >= 0.6 is 0 Å². The highest BCUT2D eigenvalue weighted by Crippen LogP contribution is 2.20. The molecule has 1 amide bonds. The minimum Gasteiger partial charge on any atom is -0.352 e. The van der Waals surface area contributed by atoms with Gasteiger partial charge in [0.15, 0.2) is 0 Å². The number of amides is 1. The molecule has 5 nitrogen and oxygen atoms in total. The Bertz CT molecular complexity index is 837. The van der Waals surface area contributed by atoms with Gasteiger partial charge in [-0.1, -0.05) is 6.92 Å². The van der Waals surface area contributed by atoms with Crippen molar-refractivity contribution in [2.75, 3.05) is 11.3 Å². The van der Waals surface area contributed by atoms with Crippen LogP contribution in [-0.4, -0.2) is 20.9 Å². The molecule has 0 aromatic heterocycles. The van der Waals surface area contributed by atoms with Crippen molar-refractivity contribution in [1.29, 1.82) is 0 Å². The maximum Gasteiger partial charge on any atom is 0.261 e. The summed E-state index contributed by atoms with van der Waals surface area (Å²) in [6, 6.07) is 7.73. The minimum absolute atomic E-state index is 0.140. The summed E-state index contributed by atoms with van der Waals surface area (Å²) in [4.78, 5) is 11.6. The summed E-state index contributed by atoms with van der Waals surface area (Å²) >= 11 is 0. The fourth-order valence-electron chi connectivity index (χ4n) is 1.90. The zero-order valence-corrected chi connectivity index (χ0v) is 13.7. The molecule has 0 aliphatic rings. The van der Waals surface area contributed by atoms with Gasteiger partial charge in [-0.3, -0.25) is 9.52 Å². The Balaban J connectivity index is 2.19. The third-order valence-corrected chi connectivity index (χ3v) is 4.52. The zero-order valence-electron chi connectivity index (χ0n) is 12.8. The Morgan fingerprint density at radius 1 is 1.08 bits per heavy atom. The summed E-state index contributed by atoms with van der Waals surface area (Å²) in [7, 11) is -4.05. The number of rotatable bonds is 6. The van der Waals surface area contributed by atoms with E-state index in [9.17, 15) is 22.0 Å². The Morgan fingerprint density at radius 2 is 1.75 bits per heavy atom. The number of hydrogen-bond acceptors (Lipinski definition) is 3. The lowest BCUT2D eigenvalue weighted by Gasteiger charge is -2.10. The number of nitrogens with one attached hydrogen (secondary N) is 2. The Kier molecular flexibility index (Phi) is 5.50. The van der Waals surface area contributed by atoms with Gasteiger partial charge in [-0.2, -0.15) is 0 Å². The maximum atomic E-state index is 13.6. The van der Waals surface area contributed by atoms with Gasteiger partial charge in [-0.25, -0.2) is 17.2 Å². The van der Waals surface area contributed by atoms with Crippen LogP contribution in [0.25, 0.3) is 0 Å². The third kappa shape index (κ3) is 4.29. The second-order valence-corrected chi connectivity index (χ2v) is 6.69. The van der Waals surface area contributed by atoms with Crippen molar-refractivity contribution in [2.45, 2.75) is 18.2 Å². The number of halogens is 2. The Hall–Kier alpha value is -2.48. The SMILES string of the molecule is CCCNC(=O)c1ccc(S(=O)(=O)Nc2ccc(F)cc2F)cc1. The lowest BCUT2D eigenvalue weighted by Crippen LogP contribution is -2.24. The molecule has 0 fully saturated rings. The molecule has 2 aromatic carbocycles. The fraction of sp³-hybridized carbons (Fsp3) is 0.188. The summed E-state index contributed by atoms with van der Waals surface area (Å²) in [5.41, 5.74) is -0.0449. The summed E-state index contributed by atoms with van der Waals surface area (Å²) in [5.74, 6) is -2.13. The number of hydrogen-bond donors (Lipinski definition) is 2. The van der Waals surface area contributed by atoms with Crippen molar-refractivity contribution < 1.29 is 22.0 Å². The lowest BCUT2D eigenvalue weighted by molar-refractivity contribution is 0.0953. The maximum absolute atomic E-state index is 13.6. The molecule has 0 spiro atoms. The number of sulfonamides is 1. The van der Waals surface area contributed by atoms with Crippen LogP contribution in [0.3, 0.4) is 0 Å². The molecule has 0 aliphatic carbocycles. The summed E-state index contributed by atoms with van der Waals surface area (Å²) in [6.45, 7) is 2.43. The average Bonchev–Trinajstić information content (AvgIpc) is 2.55. The molecule has 0 unspecified atom stereocenters. The van der Waals surface area contributed by atoms with Gasteiger partial charge >= 0.3 is 0 Å². The first-order valence-electron chi connectivity index (χ1n) is 7.19.